The minimum absolute atomic E-state index is 0.0720. The third-order valence-corrected chi connectivity index (χ3v) is 6.85. The molecule has 2 aliphatic heterocycles. The molecule has 2 aliphatic rings. The highest BCUT2D eigenvalue weighted by Crippen LogP contribution is 2.30. The molecule has 188 valence electrons. The minimum atomic E-state index is -0.688. The zero-order chi connectivity index (χ0) is 25.7. The van der Waals surface area contributed by atoms with Crippen LogP contribution in [0.3, 0.4) is 0 Å². The van der Waals surface area contributed by atoms with E-state index in [-0.39, 0.29) is 44.0 Å². The van der Waals surface area contributed by atoms with Crippen LogP contribution in [-0.4, -0.2) is 69.5 Å². The molecule has 2 aromatic rings. The van der Waals surface area contributed by atoms with Crippen LogP contribution < -0.4 is 5.32 Å². The predicted octanol–water partition coefficient (Wildman–Crippen LogP) is 3.08. The summed E-state index contributed by atoms with van der Waals surface area (Å²) in [6, 6.07) is 15.9. The van der Waals surface area contributed by atoms with Gasteiger partial charge in [-0.3, -0.25) is 9.59 Å². The molecule has 2 heterocycles. The van der Waals surface area contributed by atoms with E-state index in [0.29, 0.717) is 24.4 Å². The number of nitrogens with zero attached hydrogens (tertiary/aromatic N) is 4. The second-order valence-corrected chi connectivity index (χ2v) is 9.32. The van der Waals surface area contributed by atoms with E-state index in [1.165, 1.54) is 5.01 Å². The summed E-state index contributed by atoms with van der Waals surface area (Å²) in [6.07, 6.45) is 6.11. The van der Waals surface area contributed by atoms with Gasteiger partial charge < -0.3 is 15.1 Å². The molecule has 0 spiro atoms. The number of benzene rings is 2. The smallest absolute Gasteiger partial charge is 0.333 e. The largest absolute Gasteiger partial charge is 0.334 e. The number of fused-ring (bicyclic) bond motifs is 1. The molecule has 9 heteroatoms. The first-order chi connectivity index (χ1) is 17.4. The van der Waals surface area contributed by atoms with Crippen LogP contribution in [0.25, 0.3) is 0 Å². The zero-order valence-corrected chi connectivity index (χ0v) is 21.0. The first kappa shape index (κ1) is 25.5. The van der Waals surface area contributed by atoms with Gasteiger partial charge in [-0.1, -0.05) is 79.4 Å². The van der Waals surface area contributed by atoms with Crippen LogP contribution in [0.15, 0.2) is 54.6 Å². The van der Waals surface area contributed by atoms with Gasteiger partial charge in [0.2, 0.25) is 11.8 Å². The Morgan fingerprint density at radius 3 is 2.56 bits per heavy atom. The van der Waals surface area contributed by atoms with Crippen molar-refractivity contribution < 1.29 is 14.4 Å². The summed E-state index contributed by atoms with van der Waals surface area (Å²) in [6.45, 7) is 2.74. The lowest BCUT2D eigenvalue weighted by Crippen LogP contribution is -2.76. The normalized spacial score (nSPS) is 20.2. The molecule has 0 saturated carbocycles. The Kier molecular flexibility index (Phi) is 8.14. The molecule has 36 heavy (non-hydrogen) atoms. The number of terminal acetylenes is 1. The molecule has 1 N–H and O–H groups in total. The van der Waals surface area contributed by atoms with Crippen molar-refractivity contribution in [2.75, 3.05) is 19.6 Å². The fraction of sp³-hybridized carbons (Fsp3) is 0.370. The van der Waals surface area contributed by atoms with Crippen molar-refractivity contribution >= 4 is 29.4 Å². The van der Waals surface area contributed by atoms with Crippen LogP contribution in [-0.2, 0) is 22.7 Å². The average molecular weight is 508 g/mol. The minimum Gasteiger partial charge on any atom is -0.333 e. The molecule has 2 aromatic carbocycles. The van der Waals surface area contributed by atoms with E-state index in [4.69, 9.17) is 18.0 Å². The van der Waals surface area contributed by atoms with Gasteiger partial charge in [0.1, 0.15) is 12.2 Å². The van der Waals surface area contributed by atoms with Crippen molar-refractivity contribution in [1.29, 1.82) is 0 Å². The number of halogens is 1. The molecule has 0 unspecified atom stereocenters. The maximum Gasteiger partial charge on any atom is 0.334 e. The van der Waals surface area contributed by atoms with Crippen molar-refractivity contribution in [2.24, 2.45) is 0 Å². The monoisotopic (exact) mass is 507 g/mol. The van der Waals surface area contributed by atoms with Crippen molar-refractivity contribution in [2.45, 2.75) is 45.1 Å². The van der Waals surface area contributed by atoms with Crippen molar-refractivity contribution in [3.8, 4) is 12.3 Å². The second kappa shape index (κ2) is 11.5. The number of hydrogen-bond donors (Lipinski definition) is 1. The number of carbonyl (C=O) groups excluding carboxylic acids is 3. The molecule has 0 aromatic heterocycles. The summed E-state index contributed by atoms with van der Waals surface area (Å²) in [5.74, 6) is 2.19. The van der Waals surface area contributed by atoms with Crippen LogP contribution in [0.1, 0.15) is 30.9 Å². The third kappa shape index (κ3) is 5.32. The van der Waals surface area contributed by atoms with E-state index in [2.05, 4.69) is 11.2 Å². The Morgan fingerprint density at radius 2 is 1.86 bits per heavy atom. The summed E-state index contributed by atoms with van der Waals surface area (Å²) < 4.78 is 0. The number of amides is 4. The summed E-state index contributed by atoms with van der Waals surface area (Å²) in [4.78, 5) is 43.6. The molecule has 2 atom stereocenters. The van der Waals surface area contributed by atoms with Gasteiger partial charge in [-0.25, -0.2) is 9.80 Å². The molecule has 2 saturated heterocycles. The number of hydrogen-bond acceptors (Lipinski definition) is 4. The summed E-state index contributed by atoms with van der Waals surface area (Å²) >= 11 is 6.38. The number of carbonyl (C=O) groups is 3. The van der Waals surface area contributed by atoms with Crippen molar-refractivity contribution in [3.05, 3.63) is 70.7 Å². The Labute approximate surface area is 216 Å². The lowest BCUT2D eigenvalue weighted by Gasteiger charge is -2.55. The predicted molar refractivity (Wildman–Crippen MR) is 137 cm³/mol. The molecule has 0 bridgehead atoms. The topological polar surface area (TPSA) is 76.2 Å². The lowest BCUT2D eigenvalue weighted by atomic mass is 10.0. The van der Waals surface area contributed by atoms with Crippen molar-refractivity contribution in [3.63, 3.8) is 0 Å². The number of hydrazine groups is 1. The van der Waals surface area contributed by atoms with Crippen LogP contribution in [0, 0.1) is 12.3 Å². The van der Waals surface area contributed by atoms with Gasteiger partial charge in [0.15, 0.2) is 0 Å². The first-order valence-electron chi connectivity index (χ1n) is 12.1. The molecular formula is C27H30ClN5O3. The Bertz CT molecular complexity index is 1150. The van der Waals surface area contributed by atoms with E-state index in [9.17, 15) is 14.4 Å². The van der Waals surface area contributed by atoms with Crippen LogP contribution in [0.2, 0.25) is 5.02 Å². The maximum atomic E-state index is 13.5. The highest BCUT2D eigenvalue weighted by Gasteiger charge is 2.51. The standard InChI is InChI=1S/C27H30ClN5O3/c1-3-10-23-26(35)30(17-21-13-8-9-14-22(21)28)18-24-32(23)25(34)19-31(15-4-2)33(24)27(36)29-16-20-11-6-5-7-12-20/h2,5-9,11-14,23-24H,3,10,15-19H2,1H3,(H,29,36)/t23-,24-/m0/s1. The molecule has 0 radical (unpaired) electrons. The van der Waals surface area contributed by atoms with E-state index in [0.717, 1.165) is 11.1 Å². The van der Waals surface area contributed by atoms with Crippen LogP contribution >= 0.6 is 11.6 Å². The second-order valence-electron chi connectivity index (χ2n) is 8.91. The summed E-state index contributed by atoms with van der Waals surface area (Å²) in [5.41, 5.74) is 1.75. The van der Waals surface area contributed by atoms with Gasteiger partial charge in [0.05, 0.1) is 19.6 Å². The van der Waals surface area contributed by atoms with E-state index in [1.807, 2.05) is 55.5 Å². The summed E-state index contributed by atoms with van der Waals surface area (Å²) in [7, 11) is 0. The average Bonchev–Trinajstić information content (AvgIpc) is 2.87. The number of piperazine rings is 1. The van der Waals surface area contributed by atoms with E-state index in [1.54, 1.807) is 20.9 Å². The Balaban J connectivity index is 1.65. The molecule has 0 aliphatic carbocycles. The van der Waals surface area contributed by atoms with E-state index < -0.39 is 12.2 Å². The Morgan fingerprint density at radius 1 is 1.14 bits per heavy atom. The van der Waals surface area contributed by atoms with Gasteiger partial charge in [0.25, 0.3) is 0 Å². The summed E-state index contributed by atoms with van der Waals surface area (Å²) in [5, 5.41) is 6.60. The molecular weight excluding hydrogens is 478 g/mol. The quantitative estimate of drug-likeness (QED) is 0.584. The fourth-order valence-electron chi connectivity index (χ4n) is 4.82. The first-order valence-corrected chi connectivity index (χ1v) is 12.4. The molecule has 4 amide bonds. The lowest BCUT2D eigenvalue weighted by molar-refractivity contribution is -0.189. The van der Waals surface area contributed by atoms with Gasteiger partial charge in [-0.05, 0) is 23.6 Å². The third-order valence-electron chi connectivity index (χ3n) is 6.48. The molecule has 8 nitrogen and oxygen atoms in total. The highest BCUT2D eigenvalue weighted by molar-refractivity contribution is 6.31. The molecule has 2 fully saturated rings. The highest BCUT2D eigenvalue weighted by atomic mass is 35.5. The fourth-order valence-corrected chi connectivity index (χ4v) is 5.01. The van der Waals surface area contributed by atoms with Gasteiger partial charge in [-0.15, -0.1) is 6.42 Å². The zero-order valence-electron chi connectivity index (χ0n) is 20.3. The maximum absolute atomic E-state index is 13.5. The van der Waals surface area contributed by atoms with Crippen LogP contribution in [0.5, 0.6) is 0 Å². The number of rotatable bonds is 7. The van der Waals surface area contributed by atoms with Gasteiger partial charge in [0, 0.05) is 18.1 Å². The molecule has 4 rings (SSSR count). The Hall–Kier alpha value is -3.54. The van der Waals surface area contributed by atoms with Crippen LogP contribution in [0.4, 0.5) is 4.79 Å². The van der Waals surface area contributed by atoms with Gasteiger partial charge >= 0.3 is 6.03 Å². The number of urea groups is 1. The van der Waals surface area contributed by atoms with Crippen molar-refractivity contribution in [1.82, 2.24) is 25.1 Å². The number of nitrogens with one attached hydrogen (secondary N) is 1. The SMILES string of the molecule is C#CCN1CC(=O)N2[C@@H](CCC)C(=O)N(Cc3ccccc3Cl)C[C@@H]2N1C(=O)NCc1ccccc1. The van der Waals surface area contributed by atoms with E-state index >= 15 is 0 Å². The van der Waals surface area contributed by atoms with Gasteiger partial charge in [-0.2, -0.15) is 5.01 Å².